The van der Waals surface area contributed by atoms with Crippen LogP contribution < -0.4 is 9.62 Å². The summed E-state index contributed by atoms with van der Waals surface area (Å²) in [5.74, 6) is -0.358. The van der Waals surface area contributed by atoms with Crippen LogP contribution in [-0.2, 0) is 27.9 Å². The van der Waals surface area contributed by atoms with Crippen molar-refractivity contribution in [2.45, 2.75) is 30.8 Å². The number of carbonyl (C=O) groups is 1. The molecule has 0 bridgehead atoms. The predicted octanol–water partition coefficient (Wildman–Crippen LogP) is 3.79. The Bertz CT molecular complexity index is 1160. The lowest BCUT2D eigenvalue weighted by atomic mass is 10.1. The Morgan fingerprint density at radius 1 is 0.848 bits per heavy atom. The molecular weight excluding hydrogens is 434 g/mol. The van der Waals surface area contributed by atoms with Gasteiger partial charge in [0.2, 0.25) is 5.91 Å². The third-order valence-corrected chi connectivity index (χ3v) is 7.54. The highest BCUT2D eigenvalue weighted by atomic mass is 32.2. The van der Waals surface area contributed by atoms with Crippen LogP contribution in [0.1, 0.15) is 24.0 Å². The predicted molar refractivity (Wildman–Crippen MR) is 130 cm³/mol. The van der Waals surface area contributed by atoms with Crippen LogP contribution in [0.3, 0.4) is 0 Å². The molecule has 0 aromatic heterocycles. The fourth-order valence-corrected chi connectivity index (χ4v) is 5.49. The van der Waals surface area contributed by atoms with Crippen molar-refractivity contribution in [2.75, 3.05) is 23.9 Å². The van der Waals surface area contributed by atoms with Gasteiger partial charge in [-0.15, -0.1) is 0 Å². The van der Waals surface area contributed by atoms with E-state index in [1.54, 1.807) is 42.5 Å². The van der Waals surface area contributed by atoms with Crippen LogP contribution in [0, 0.1) is 0 Å². The van der Waals surface area contributed by atoms with Crippen molar-refractivity contribution in [1.82, 2.24) is 10.2 Å². The van der Waals surface area contributed by atoms with Gasteiger partial charge in [-0.3, -0.25) is 14.0 Å². The molecule has 1 saturated heterocycles. The lowest BCUT2D eigenvalue weighted by molar-refractivity contribution is -0.119. The number of nitrogens with one attached hydrogen (secondary N) is 1. The third kappa shape index (κ3) is 6.00. The molecule has 1 heterocycles. The quantitative estimate of drug-likeness (QED) is 0.524. The van der Waals surface area contributed by atoms with E-state index in [2.05, 4.69) is 22.3 Å². The van der Waals surface area contributed by atoms with Gasteiger partial charge in [0.25, 0.3) is 10.0 Å². The molecule has 6 nitrogen and oxygen atoms in total. The Balaban J connectivity index is 1.44. The first-order valence-corrected chi connectivity index (χ1v) is 12.7. The first-order chi connectivity index (χ1) is 16.0. The zero-order chi connectivity index (χ0) is 23.1. The van der Waals surface area contributed by atoms with Gasteiger partial charge in [-0.2, -0.15) is 0 Å². The van der Waals surface area contributed by atoms with Gasteiger partial charge in [0, 0.05) is 13.1 Å². The van der Waals surface area contributed by atoms with E-state index in [0.717, 1.165) is 29.5 Å². The van der Waals surface area contributed by atoms with Crippen LogP contribution in [0.25, 0.3) is 0 Å². The summed E-state index contributed by atoms with van der Waals surface area (Å²) in [6.45, 7) is 3.23. The van der Waals surface area contributed by atoms with Crippen LogP contribution in [0.2, 0.25) is 0 Å². The average Bonchev–Trinajstić information content (AvgIpc) is 3.35. The summed E-state index contributed by atoms with van der Waals surface area (Å²) in [7, 11) is -3.89. The SMILES string of the molecule is O=C(CN(c1ccccc1)S(=O)(=O)c1ccccc1)NCc1cccc(CN2CCCC2)c1. The molecule has 1 amide bonds. The maximum absolute atomic E-state index is 13.3. The fourth-order valence-electron chi connectivity index (χ4n) is 4.05. The van der Waals surface area contributed by atoms with Crippen molar-refractivity contribution in [3.05, 3.63) is 96.1 Å². The second-order valence-electron chi connectivity index (χ2n) is 8.24. The number of sulfonamides is 1. The molecule has 0 saturated carbocycles. The van der Waals surface area contributed by atoms with Gasteiger partial charge in [0.1, 0.15) is 6.54 Å². The molecule has 0 radical (unpaired) electrons. The van der Waals surface area contributed by atoms with E-state index in [4.69, 9.17) is 0 Å². The highest BCUT2D eigenvalue weighted by molar-refractivity contribution is 7.92. The molecule has 3 aromatic carbocycles. The monoisotopic (exact) mass is 463 g/mol. The van der Waals surface area contributed by atoms with E-state index in [0.29, 0.717) is 12.2 Å². The Morgan fingerprint density at radius 2 is 1.48 bits per heavy atom. The van der Waals surface area contributed by atoms with E-state index < -0.39 is 10.0 Å². The number of benzene rings is 3. The van der Waals surface area contributed by atoms with Crippen molar-refractivity contribution < 1.29 is 13.2 Å². The minimum absolute atomic E-state index is 0.149. The average molecular weight is 464 g/mol. The molecule has 0 atom stereocenters. The Labute approximate surface area is 195 Å². The van der Waals surface area contributed by atoms with Crippen LogP contribution in [0.5, 0.6) is 0 Å². The van der Waals surface area contributed by atoms with Crippen molar-refractivity contribution in [1.29, 1.82) is 0 Å². The molecule has 3 aromatic rings. The Hall–Kier alpha value is -3.16. The van der Waals surface area contributed by atoms with E-state index in [1.807, 2.05) is 18.2 Å². The molecule has 1 aliphatic rings. The van der Waals surface area contributed by atoms with Crippen LogP contribution in [0.15, 0.2) is 89.8 Å². The Kier molecular flexibility index (Phi) is 7.42. The summed E-state index contributed by atoms with van der Waals surface area (Å²) in [6.07, 6.45) is 2.50. The molecule has 1 N–H and O–H groups in total. The number of nitrogens with zero attached hydrogens (tertiary/aromatic N) is 2. The minimum atomic E-state index is -3.89. The van der Waals surface area contributed by atoms with Gasteiger partial charge >= 0.3 is 0 Å². The number of hydrogen-bond donors (Lipinski definition) is 1. The number of carbonyl (C=O) groups excluding carboxylic acids is 1. The second-order valence-corrected chi connectivity index (χ2v) is 10.1. The lowest BCUT2D eigenvalue weighted by Crippen LogP contribution is -2.40. The second kappa shape index (κ2) is 10.6. The molecule has 172 valence electrons. The number of hydrogen-bond acceptors (Lipinski definition) is 4. The molecule has 7 heteroatoms. The largest absolute Gasteiger partial charge is 0.350 e. The number of anilines is 1. The maximum Gasteiger partial charge on any atom is 0.264 e. The first kappa shape index (κ1) is 23.0. The molecule has 0 unspecified atom stereocenters. The zero-order valence-electron chi connectivity index (χ0n) is 18.6. The van der Waals surface area contributed by atoms with Gasteiger partial charge in [-0.1, -0.05) is 60.7 Å². The molecular formula is C26H29N3O3S. The van der Waals surface area contributed by atoms with Crippen LogP contribution in [-0.4, -0.2) is 38.9 Å². The van der Waals surface area contributed by atoms with E-state index in [9.17, 15) is 13.2 Å². The third-order valence-electron chi connectivity index (χ3n) is 5.75. The van der Waals surface area contributed by atoms with Gasteiger partial charge in [-0.25, -0.2) is 8.42 Å². The number of amides is 1. The molecule has 33 heavy (non-hydrogen) atoms. The summed E-state index contributed by atoms with van der Waals surface area (Å²) in [5.41, 5.74) is 2.67. The van der Waals surface area contributed by atoms with Gasteiger partial charge < -0.3 is 5.32 Å². The van der Waals surface area contributed by atoms with Crippen molar-refractivity contribution in [3.63, 3.8) is 0 Å². The van der Waals surface area contributed by atoms with Crippen LogP contribution in [0.4, 0.5) is 5.69 Å². The maximum atomic E-state index is 13.3. The highest BCUT2D eigenvalue weighted by Gasteiger charge is 2.26. The van der Waals surface area contributed by atoms with Gasteiger partial charge in [0.15, 0.2) is 0 Å². The highest BCUT2D eigenvalue weighted by Crippen LogP contribution is 2.23. The summed E-state index contributed by atoms with van der Waals surface area (Å²) >= 11 is 0. The van der Waals surface area contributed by atoms with Crippen LogP contribution >= 0.6 is 0 Å². The van der Waals surface area contributed by atoms with Crippen molar-refractivity contribution in [2.24, 2.45) is 0 Å². The number of likely N-dealkylation sites (tertiary alicyclic amines) is 1. The molecule has 4 rings (SSSR count). The smallest absolute Gasteiger partial charge is 0.264 e. The molecule has 1 aliphatic heterocycles. The summed E-state index contributed by atoms with van der Waals surface area (Å²) in [4.78, 5) is 15.4. The Morgan fingerprint density at radius 3 is 2.18 bits per heavy atom. The zero-order valence-corrected chi connectivity index (χ0v) is 19.4. The normalized spacial score (nSPS) is 14.2. The van der Waals surface area contributed by atoms with E-state index in [-0.39, 0.29) is 17.3 Å². The molecule has 1 fully saturated rings. The molecule has 0 spiro atoms. The molecule has 0 aliphatic carbocycles. The van der Waals surface area contributed by atoms with E-state index in [1.165, 1.54) is 30.5 Å². The van der Waals surface area contributed by atoms with Crippen molar-refractivity contribution in [3.8, 4) is 0 Å². The van der Waals surface area contributed by atoms with Gasteiger partial charge in [-0.05, 0) is 61.3 Å². The number of para-hydroxylation sites is 1. The van der Waals surface area contributed by atoms with E-state index >= 15 is 0 Å². The van der Waals surface area contributed by atoms with Crippen molar-refractivity contribution >= 4 is 21.6 Å². The van der Waals surface area contributed by atoms with Gasteiger partial charge in [0.05, 0.1) is 10.6 Å². The lowest BCUT2D eigenvalue weighted by Gasteiger charge is -2.24. The standard InChI is InChI=1S/C26H29N3O3S/c30-26(27-19-22-10-9-11-23(18-22)20-28-16-7-8-17-28)21-29(24-12-3-1-4-13-24)33(31,32)25-14-5-2-6-15-25/h1-6,9-15,18H,7-8,16-17,19-21H2,(H,27,30). The fraction of sp³-hybridized carbons (Fsp3) is 0.269. The number of rotatable bonds is 9. The topological polar surface area (TPSA) is 69.7 Å². The minimum Gasteiger partial charge on any atom is -0.350 e. The first-order valence-electron chi connectivity index (χ1n) is 11.2. The summed E-state index contributed by atoms with van der Waals surface area (Å²) in [5, 5.41) is 2.88. The summed E-state index contributed by atoms with van der Waals surface area (Å²) < 4.78 is 27.7. The summed E-state index contributed by atoms with van der Waals surface area (Å²) in [6, 6.07) is 25.1.